The summed E-state index contributed by atoms with van der Waals surface area (Å²) in [5.41, 5.74) is 0. The lowest BCUT2D eigenvalue weighted by Crippen LogP contribution is -2.34. The van der Waals surface area contributed by atoms with E-state index in [1.54, 1.807) is 4.90 Å². The maximum Gasteiger partial charge on any atom is 0.310 e. The van der Waals surface area contributed by atoms with Gasteiger partial charge in [-0.25, -0.2) is 4.39 Å². The molecule has 1 aromatic carbocycles. The number of rotatable bonds is 4. The molecule has 1 unspecified atom stereocenters. The molecule has 0 saturated carbocycles. The Labute approximate surface area is 116 Å². The van der Waals surface area contributed by atoms with E-state index in [-0.39, 0.29) is 30.2 Å². The molecule has 1 aliphatic rings. The molecule has 0 aromatic heterocycles. The van der Waals surface area contributed by atoms with Crippen LogP contribution in [-0.2, 0) is 14.3 Å². The fourth-order valence-electron chi connectivity index (χ4n) is 2.11. The molecule has 6 heteroatoms. The molecule has 108 valence electrons. The van der Waals surface area contributed by atoms with E-state index in [2.05, 4.69) is 4.74 Å². The van der Waals surface area contributed by atoms with E-state index in [4.69, 9.17) is 4.74 Å². The van der Waals surface area contributed by atoms with Crippen LogP contribution in [-0.4, -0.2) is 43.6 Å². The molecule has 20 heavy (non-hydrogen) atoms. The van der Waals surface area contributed by atoms with Gasteiger partial charge in [-0.15, -0.1) is 0 Å². The number of halogens is 1. The molecule has 5 nitrogen and oxygen atoms in total. The molecule has 1 heterocycles. The summed E-state index contributed by atoms with van der Waals surface area (Å²) in [6.07, 6.45) is 0.606. The number of amides is 1. The van der Waals surface area contributed by atoms with Crippen LogP contribution in [0, 0.1) is 11.7 Å². The van der Waals surface area contributed by atoms with Gasteiger partial charge in [-0.05, 0) is 30.7 Å². The lowest BCUT2D eigenvalue weighted by molar-refractivity contribution is -0.145. The molecule has 1 fully saturated rings. The van der Waals surface area contributed by atoms with Gasteiger partial charge in [0, 0.05) is 13.1 Å². The zero-order valence-electron chi connectivity index (χ0n) is 11.2. The van der Waals surface area contributed by atoms with Crippen molar-refractivity contribution in [3.05, 3.63) is 30.1 Å². The molecule has 1 aliphatic heterocycles. The Bertz CT molecular complexity index is 488. The van der Waals surface area contributed by atoms with E-state index >= 15 is 0 Å². The summed E-state index contributed by atoms with van der Waals surface area (Å²) in [5.74, 6) is -0.664. The van der Waals surface area contributed by atoms with Gasteiger partial charge in [-0.2, -0.15) is 0 Å². The van der Waals surface area contributed by atoms with E-state index in [1.165, 1.54) is 31.4 Å². The van der Waals surface area contributed by atoms with E-state index in [0.717, 1.165) is 0 Å². The summed E-state index contributed by atoms with van der Waals surface area (Å²) in [4.78, 5) is 24.9. The van der Waals surface area contributed by atoms with Crippen LogP contribution in [0.25, 0.3) is 0 Å². The largest absolute Gasteiger partial charge is 0.484 e. The van der Waals surface area contributed by atoms with Gasteiger partial charge in [0.2, 0.25) is 0 Å². The Kier molecular flexibility index (Phi) is 4.55. The summed E-state index contributed by atoms with van der Waals surface area (Å²) in [5, 5.41) is 0. The molecule has 1 amide bonds. The van der Waals surface area contributed by atoms with Crippen LogP contribution in [0.4, 0.5) is 4.39 Å². The number of hydrogen-bond donors (Lipinski definition) is 0. The topological polar surface area (TPSA) is 55.8 Å². The lowest BCUT2D eigenvalue weighted by atomic mass is 10.1. The van der Waals surface area contributed by atoms with Gasteiger partial charge in [0.1, 0.15) is 11.6 Å². The molecular formula is C14H16FNO4. The fraction of sp³-hybridized carbons (Fsp3) is 0.429. The van der Waals surface area contributed by atoms with Crippen LogP contribution >= 0.6 is 0 Å². The van der Waals surface area contributed by atoms with E-state index in [1.807, 2.05) is 0 Å². The first-order valence-corrected chi connectivity index (χ1v) is 6.34. The van der Waals surface area contributed by atoms with Crippen molar-refractivity contribution in [2.45, 2.75) is 6.42 Å². The average molecular weight is 281 g/mol. The highest BCUT2D eigenvalue weighted by Crippen LogP contribution is 2.18. The van der Waals surface area contributed by atoms with Crippen molar-refractivity contribution < 1.29 is 23.5 Å². The second-order valence-corrected chi connectivity index (χ2v) is 4.59. The van der Waals surface area contributed by atoms with Crippen molar-refractivity contribution >= 4 is 11.9 Å². The number of carbonyl (C=O) groups excluding carboxylic acids is 2. The summed E-state index contributed by atoms with van der Waals surface area (Å²) in [6, 6.07) is 5.46. The third-order valence-corrected chi connectivity index (χ3v) is 3.25. The summed E-state index contributed by atoms with van der Waals surface area (Å²) in [6.45, 7) is 0.753. The number of likely N-dealkylation sites (tertiary alicyclic amines) is 1. The highest BCUT2D eigenvalue weighted by Gasteiger charge is 2.31. The lowest BCUT2D eigenvalue weighted by Gasteiger charge is -2.16. The third kappa shape index (κ3) is 3.46. The highest BCUT2D eigenvalue weighted by atomic mass is 19.1. The van der Waals surface area contributed by atoms with Gasteiger partial charge in [0.05, 0.1) is 13.0 Å². The summed E-state index contributed by atoms with van der Waals surface area (Å²) >= 11 is 0. The molecule has 1 atom stereocenters. The second kappa shape index (κ2) is 6.36. The number of nitrogens with zero attached hydrogens (tertiary/aromatic N) is 1. The Morgan fingerprint density at radius 3 is 2.70 bits per heavy atom. The first-order chi connectivity index (χ1) is 9.60. The van der Waals surface area contributed by atoms with Gasteiger partial charge in [0.25, 0.3) is 5.91 Å². The SMILES string of the molecule is COC(=O)C1CCN(C(=O)COc2ccc(F)cc2)C1. The maximum atomic E-state index is 12.7. The molecule has 2 rings (SSSR count). The highest BCUT2D eigenvalue weighted by molar-refractivity contribution is 5.80. The van der Waals surface area contributed by atoms with Crippen LogP contribution in [0.15, 0.2) is 24.3 Å². The minimum Gasteiger partial charge on any atom is -0.484 e. The second-order valence-electron chi connectivity index (χ2n) is 4.59. The van der Waals surface area contributed by atoms with Crippen LogP contribution in [0.3, 0.4) is 0 Å². The van der Waals surface area contributed by atoms with E-state index < -0.39 is 0 Å². The average Bonchev–Trinajstić information content (AvgIpc) is 2.95. The van der Waals surface area contributed by atoms with Crippen LogP contribution in [0.2, 0.25) is 0 Å². The Balaban J connectivity index is 1.81. The van der Waals surface area contributed by atoms with Gasteiger partial charge >= 0.3 is 5.97 Å². The van der Waals surface area contributed by atoms with Gasteiger partial charge in [0.15, 0.2) is 6.61 Å². The standard InChI is InChI=1S/C14H16FNO4/c1-19-14(18)10-6-7-16(8-10)13(17)9-20-12-4-2-11(15)3-5-12/h2-5,10H,6-9H2,1H3. The number of hydrogen-bond acceptors (Lipinski definition) is 4. The Morgan fingerprint density at radius 2 is 2.05 bits per heavy atom. The molecule has 1 saturated heterocycles. The molecule has 0 radical (unpaired) electrons. The van der Waals surface area contributed by atoms with E-state index in [9.17, 15) is 14.0 Å². The Morgan fingerprint density at radius 1 is 1.35 bits per heavy atom. The number of benzene rings is 1. The number of ether oxygens (including phenoxy) is 2. The van der Waals surface area contributed by atoms with Crippen molar-refractivity contribution in [3.8, 4) is 5.75 Å². The minimum absolute atomic E-state index is 0.125. The first-order valence-electron chi connectivity index (χ1n) is 6.34. The molecule has 0 bridgehead atoms. The molecule has 1 aromatic rings. The first kappa shape index (κ1) is 14.3. The van der Waals surface area contributed by atoms with Gasteiger partial charge < -0.3 is 14.4 Å². The fourth-order valence-corrected chi connectivity index (χ4v) is 2.11. The van der Waals surface area contributed by atoms with Crippen molar-refractivity contribution in [2.75, 3.05) is 26.8 Å². The normalized spacial score (nSPS) is 17.9. The zero-order chi connectivity index (χ0) is 14.5. The van der Waals surface area contributed by atoms with Crippen LogP contribution in [0.5, 0.6) is 5.75 Å². The Hall–Kier alpha value is -2.11. The summed E-state index contributed by atoms with van der Waals surface area (Å²) < 4.78 is 22.7. The van der Waals surface area contributed by atoms with Crippen LogP contribution in [0.1, 0.15) is 6.42 Å². The minimum atomic E-state index is -0.357. The molecule has 0 N–H and O–H groups in total. The van der Waals surface area contributed by atoms with Gasteiger partial charge in [-0.1, -0.05) is 0 Å². The molecular weight excluding hydrogens is 265 g/mol. The zero-order valence-corrected chi connectivity index (χ0v) is 11.2. The monoisotopic (exact) mass is 281 g/mol. The number of esters is 1. The predicted molar refractivity (Wildman–Crippen MR) is 68.6 cm³/mol. The van der Waals surface area contributed by atoms with Crippen molar-refractivity contribution in [1.82, 2.24) is 4.90 Å². The smallest absolute Gasteiger partial charge is 0.310 e. The van der Waals surface area contributed by atoms with Crippen LogP contribution < -0.4 is 4.74 Å². The third-order valence-electron chi connectivity index (χ3n) is 3.25. The van der Waals surface area contributed by atoms with Crippen molar-refractivity contribution in [1.29, 1.82) is 0 Å². The van der Waals surface area contributed by atoms with Crippen molar-refractivity contribution in [3.63, 3.8) is 0 Å². The predicted octanol–water partition coefficient (Wildman–Crippen LogP) is 1.23. The summed E-state index contributed by atoms with van der Waals surface area (Å²) in [7, 11) is 1.34. The number of carbonyl (C=O) groups is 2. The van der Waals surface area contributed by atoms with Gasteiger partial charge in [-0.3, -0.25) is 9.59 Å². The number of methoxy groups -OCH3 is 1. The quantitative estimate of drug-likeness (QED) is 0.779. The van der Waals surface area contributed by atoms with Crippen molar-refractivity contribution in [2.24, 2.45) is 5.92 Å². The molecule has 0 spiro atoms. The maximum absolute atomic E-state index is 12.7. The molecule has 0 aliphatic carbocycles. The van der Waals surface area contributed by atoms with E-state index in [0.29, 0.717) is 25.3 Å².